The minimum Gasteiger partial charge on any atom is -0.399 e. The number of rotatable bonds is 4. The maximum atomic E-state index is 12.6. The first-order valence-electron chi connectivity index (χ1n) is 8.48. The number of benzene rings is 2. The number of anilines is 1. The topological polar surface area (TPSA) is 64.4 Å². The van der Waals surface area contributed by atoms with Crippen molar-refractivity contribution in [1.82, 2.24) is 5.32 Å². The number of ether oxygens (including phenoxy) is 1. The third-order valence-corrected chi connectivity index (χ3v) is 5.25. The van der Waals surface area contributed by atoms with Crippen LogP contribution < -0.4 is 11.1 Å². The third kappa shape index (κ3) is 3.97. The number of hydrogen-bond donors (Lipinski definition) is 2. The fourth-order valence-electron chi connectivity index (χ4n) is 3.30. The second-order valence-electron chi connectivity index (χ2n) is 6.68. The minimum absolute atomic E-state index is 0.109. The van der Waals surface area contributed by atoms with Crippen LogP contribution in [0.3, 0.4) is 0 Å². The van der Waals surface area contributed by atoms with Crippen LogP contribution in [0.2, 0.25) is 5.02 Å². The van der Waals surface area contributed by atoms with Crippen LogP contribution in [0.1, 0.15) is 34.3 Å². The van der Waals surface area contributed by atoms with Gasteiger partial charge in [-0.15, -0.1) is 0 Å². The average Bonchev–Trinajstić information content (AvgIpc) is 2.61. The zero-order valence-corrected chi connectivity index (χ0v) is 15.1. The Morgan fingerprint density at radius 1 is 1.20 bits per heavy atom. The number of amides is 1. The lowest BCUT2D eigenvalue weighted by Crippen LogP contribution is -2.44. The van der Waals surface area contributed by atoms with Gasteiger partial charge in [-0.25, -0.2) is 0 Å². The Morgan fingerprint density at radius 2 is 1.88 bits per heavy atom. The molecule has 5 heteroatoms. The van der Waals surface area contributed by atoms with Crippen molar-refractivity contribution in [1.29, 1.82) is 0 Å². The van der Waals surface area contributed by atoms with Gasteiger partial charge in [0.1, 0.15) is 0 Å². The lowest BCUT2D eigenvalue weighted by molar-refractivity contribution is 0.0487. The van der Waals surface area contributed by atoms with E-state index in [0.717, 1.165) is 12.8 Å². The van der Waals surface area contributed by atoms with E-state index in [2.05, 4.69) is 36.5 Å². The Balaban J connectivity index is 1.79. The molecule has 132 valence electrons. The van der Waals surface area contributed by atoms with Crippen molar-refractivity contribution in [2.24, 2.45) is 0 Å². The van der Waals surface area contributed by atoms with Crippen molar-refractivity contribution in [3.63, 3.8) is 0 Å². The van der Waals surface area contributed by atoms with E-state index in [-0.39, 0.29) is 11.3 Å². The van der Waals surface area contributed by atoms with Gasteiger partial charge >= 0.3 is 0 Å². The minimum atomic E-state index is -0.178. The molecule has 25 heavy (non-hydrogen) atoms. The highest BCUT2D eigenvalue weighted by atomic mass is 35.5. The quantitative estimate of drug-likeness (QED) is 0.819. The van der Waals surface area contributed by atoms with Crippen LogP contribution in [0.25, 0.3) is 0 Å². The molecule has 2 aromatic rings. The first kappa shape index (κ1) is 17.8. The number of nitrogens with two attached hydrogens (primary N) is 1. The fourth-order valence-corrected chi connectivity index (χ4v) is 3.57. The molecule has 4 nitrogen and oxygen atoms in total. The number of carbonyl (C=O) groups is 1. The number of aryl methyl sites for hydroxylation is 1. The van der Waals surface area contributed by atoms with E-state index in [9.17, 15) is 4.79 Å². The first-order chi connectivity index (χ1) is 12.0. The van der Waals surface area contributed by atoms with Crippen LogP contribution in [-0.4, -0.2) is 25.7 Å². The molecule has 1 saturated heterocycles. The monoisotopic (exact) mass is 358 g/mol. The largest absolute Gasteiger partial charge is 0.399 e. The van der Waals surface area contributed by atoms with Crippen LogP contribution in [-0.2, 0) is 10.2 Å². The molecule has 3 rings (SSSR count). The molecule has 0 unspecified atom stereocenters. The summed E-state index contributed by atoms with van der Waals surface area (Å²) in [6, 6.07) is 13.5. The Morgan fingerprint density at radius 3 is 2.52 bits per heavy atom. The molecule has 0 atom stereocenters. The Bertz CT molecular complexity index is 753. The third-order valence-electron chi connectivity index (χ3n) is 4.94. The summed E-state index contributed by atoms with van der Waals surface area (Å²) in [7, 11) is 0. The van der Waals surface area contributed by atoms with Gasteiger partial charge in [0.15, 0.2) is 0 Å². The summed E-state index contributed by atoms with van der Waals surface area (Å²) in [5.41, 5.74) is 9.04. The van der Waals surface area contributed by atoms with Gasteiger partial charge in [-0.1, -0.05) is 41.4 Å². The van der Waals surface area contributed by atoms with Crippen LogP contribution >= 0.6 is 11.6 Å². The summed E-state index contributed by atoms with van der Waals surface area (Å²) in [5.74, 6) is -0.178. The van der Waals surface area contributed by atoms with Crippen molar-refractivity contribution in [3.05, 3.63) is 64.2 Å². The molecule has 3 N–H and O–H groups in total. The molecule has 0 aromatic heterocycles. The summed E-state index contributed by atoms with van der Waals surface area (Å²) in [6.07, 6.45) is 1.76. The van der Waals surface area contributed by atoms with Gasteiger partial charge in [0.2, 0.25) is 0 Å². The predicted octanol–water partition coefficient (Wildman–Crippen LogP) is 3.71. The SMILES string of the molecule is Cc1ccc(C2(CNC(=O)c3ccc(N)cc3Cl)CCOCC2)cc1. The van der Waals surface area contributed by atoms with Crippen molar-refractivity contribution in [2.45, 2.75) is 25.2 Å². The number of hydrogen-bond acceptors (Lipinski definition) is 3. The Kier molecular flexibility index (Phi) is 5.30. The lowest BCUT2D eigenvalue weighted by atomic mass is 9.74. The van der Waals surface area contributed by atoms with Crippen molar-refractivity contribution in [2.75, 3.05) is 25.5 Å². The lowest BCUT2D eigenvalue weighted by Gasteiger charge is -2.38. The van der Waals surface area contributed by atoms with E-state index in [0.29, 0.717) is 36.0 Å². The van der Waals surface area contributed by atoms with E-state index in [1.54, 1.807) is 18.2 Å². The van der Waals surface area contributed by atoms with E-state index in [1.165, 1.54) is 11.1 Å². The van der Waals surface area contributed by atoms with Crippen LogP contribution in [0.5, 0.6) is 0 Å². The van der Waals surface area contributed by atoms with Gasteiger partial charge in [0.25, 0.3) is 5.91 Å². The molecule has 0 radical (unpaired) electrons. The van der Waals surface area contributed by atoms with Gasteiger partial charge in [-0.05, 0) is 43.5 Å². The van der Waals surface area contributed by atoms with E-state index >= 15 is 0 Å². The average molecular weight is 359 g/mol. The van der Waals surface area contributed by atoms with Gasteiger partial charge in [-0.3, -0.25) is 4.79 Å². The summed E-state index contributed by atoms with van der Waals surface area (Å²) in [5, 5.41) is 3.43. The molecule has 0 saturated carbocycles. The number of carbonyl (C=O) groups excluding carboxylic acids is 1. The first-order valence-corrected chi connectivity index (χ1v) is 8.86. The summed E-state index contributed by atoms with van der Waals surface area (Å²) >= 11 is 6.15. The number of nitrogen functional groups attached to an aromatic ring is 1. The maximum Gasteiger partial charge on any atom is 0.252 e. The van der Waals surface area contributed by atoms with Gasteiger partial charge in [-0.2, -0.15) is 0 Å². The molecule has 1 heterocycles. The van der Waals surface area contributed by atoms with E-state index in [1.807, 2.05) is 0 Å². The molecule has 0 spiro atoms. The summed E-state index contributed by atoms with van der Waals surface area (Å²) in [4.78, 5) is 12.6. The van der Waals surface area contributed by atoms with Crippen LogP contribution in [0, 0.1) is 6.92 Å². The second-order valence-corrected chi connectivity index (χ2v) is 7.09. The predicted molar refractivity (Wildman–Crippen MR) is 101 cm³/mol. The molecule has 2 aromatic carbocycles. The second kappa shape index (κ2) is 7.46. The maximum absolute atomic E-state index is 12.6. The normalized spacial score (nSPS) is 16.4. The van der Waals surface area contributed by atoms with Gasteiger partial charge in [0.05, 0.1) is 10.6 Å². The molecule has 1 aliphatic rings. The number of nitrogens with one attached hydrogen (secondary N) is 1. The smallest absolute Gasteiger partial charge is 0.252 e. The van der Waals surface area contributed by atoms with Crippen LogP contribution in [0.4, 0.5) is 5.69 Å². The Labute approximate surface area is 153 Å². The molecular formula is C20H23ClN2O2. The summed E-state index contributed by atoms with van der Waals surface area (Å²) in [6.45, 7) is 4.03. The zero-order chi connectivity index (χ0) is 17.9. The zero-order valence-electron chi connectivity index (χ0n) is 14.3. The molecule has 0 aliphatic carbocycles. The van der Waals surface area contributed by atoms with Crippen molar-refractivity contribution in [3.8, 4) is 0 Å². The van der Waals surface area contributed by atoms with Crippen molar-refractivity contribution >= 4 is 23.2 Å². The molecule has 1 aliphatic heterocycles. The van der Waals surface area contributed by atoms with Gasteiger partial charge < -0.3 is 15.8 Å². The summed E-state index contributed by atoms with van der Waals surface area (Å²) < 4.78 is 5.55. The fraction of sp³-hybridized carbons (Fsp3) is 0.350. The number of halogens is 1. The standard InChI is InChI=1S/C20H23ClN2O2/c1-14-2-4-15(5-3-14)20(8-10-25-11-9-20)13-23-19(24)17-7-6-16(22)12-18(17)21/h2-7,12H,8-11,13,22H2,1H3,(H,23,24). The molecule has 1 amide bonds. The van der Waals surface area contributed by atoms with Gasteiger partial charge in [0, 0.05) is 30.9 Å². The van der Waals surface area contributed by atoms with Crippen LogP contribution in [0.15, 0.2) is 42.5 Å². The molecule has 1 fully saturated rings. The highest BCUT2D eigenvalue weighted by Crippen LogP contribution is 2.34. The Hall–Kier alpha value is -2.04. The molecular weight excluding hydrogens is 336 g/mol. The van der Waals surface area contributed by atoms with E-state index in [4.69, 9.17) is 22.1 Å². The highest BCUT2D eigenvalue weighted by Gasteiger charge is 2.35. The molecule has 0 bridgehead atoms. The highest BCUT2D eigenvalue weighted by molar-refractivity contribution is 6.34. The van der Waals surface area contributed by atoms with Crippen molar-refractivity contribution < 1.29 is 9.53 Å². The van der Waals surface area contributed by atoms with E-state index < -0.39 is 0 Å².